The normalized spacial score (nSPS) is 14.9. The van der Waals surface area contributed by atoms with Crippen LogP contribution in [0, 0.1) is 5.82 Å². The topological polar surface area (TPSA) is 67.4 Å². The Bertz CT molecular complexity index is 930. The Morgan fingerprint density at radius 2 is 1.92 bits per heavy atom. The summed E-state index contributed by atoms with van der Waals surface area (Å²) in [6.07, 6.45) is 3.41. The van der Waals surface area contributed by atoms with Gasteiger partial charge in [-0.1, -0.05) is 0 Å². The van der Waals surface area contributed by atoms with E-state index in [1.165, 1.54) is 12.1 Å². The second-order valence-corrected chi connectivity index (χ2v) is 6.06. The Morgan fingerprint density at radius 3 is 2.68 bits per heavy atom. The third kappa shape index (κ3) is 2.77. The summed E-state index contributed by atoms with van der Waals surface area (Å²) in [7, 11) is 0. The van der Waals surface area contributed by atoms with Crippen molar-refractivity contribution in [2.24, 2.45) is 0 Å². The molecule has 0 radical (unpaired) electrons. The predicted molar refractivity (Wildman–Crippen MR) is 95.1 cm³/mol. The SMILES string of the molecule is Nc1cccnc1N1CCN(C(=O)n2ccc3cc(F)ccc32)CC1. The summed E-state index contributed by atoms with van der Waals surface area (Å²) in [5.41, 5.74) is 7.33. The van der Waals surface area contributed by atoms with E-state index in [-0.39, 0.29) is 11.8 Å². The van der Waals surface area contributed by atoms with Crippen LogP contribution in [0.15, 0.2) is 48.8 Å². The van der Waals surface area contributed by atoms with E-state index >= 15 is 0 Å². The molecule has 6 nitrogen and oxygen atoms in total. The van der Waals surface area contributed by atoms with Crippen molar-refractivity contribution in [1.82, 2.24) is 14.5 Å². The van der Waals surface area contributed by atoms with Crippen LogP contribution in [0.2, 0.25) is 0 Å². The fourth-order valence-corrected chi connectivity index (χ4v) is 3.22. The number of amides is 1. The highest BCUT2D eigenvalue weighted by Gasteiger charge is 2.24. The van der Waals surface area contributed by atoms with Gasteiger partial charge in [-0.3, -0.25) is 4.57 Å². The summed E-state index contributed by atoms with van der Waals surface area (Å²) in [5, 5.41) is 0.716. The molecule has 3 heterocycles. The number of nitrogens with zero attached hydrogens (tertiary/aromatic N) is 4. The molecular weight excluding hydrogens is 321 g/mol. The minimum absolute atomic E-state index is 0.102. The number of halogens is 1. The molecule has 1 aliphatic rings. The maximum atomic E-state index is 13.3. The average molecular weight is 339 g/mol. The van der Waals surface area contributed by atoms with Crippen LogP contribution in [-0.2, 0) is 0 Å². The molecule has 4 rings (SSSR count). The zero-order valence-electron chi connectivity index (χ0n) is 13.6. The Balaban J connectivity index is 1.50. The number of benzene rings is 1. The van der Waals surface area contributed by atoms with Crippen molar-refractivity contribution >= 4 is 28.4 Å². The number of nitrogen functional groups attached to an aromatic ring is 1. The molecule has 1 aromatic carbocycles. The second-order valence-electron chi connectivity index (χ2n) is 6.06. The molecule has 0 atom stereocenters. The van der Waals surface area contributed by atoms with Crippen LogP contribution in [0.5, 0.6) is 0 Å². The molecule has 7 heteroatoms. The van der Waals surface area contributed by atoms with Gasteiger partial charge >= 0.3 is 6.03 Å². The molecule has 128 valence electrons. The van der Waals surface area contributed by atoms with Gasteiger partial charge in [-0.05, 0) is 36.4 Å². The van der Waals surface area contributed by atoms with Gasteiger partial charge < -0.3 is 15.5 Å². The molecule has 0 spiro atoms. The first-order valence-corrected chi connectivity index (χ1v) is 8.15. The molecule has 1 saturated heterocycles. The number of hydrogen-bond acceptors (Lipinski definition) is 4. The van der Waals surface area contributed by atoms with Gasteiger partial charge in [-0.25, -0.2) is 14.2 Å². The lowest BCUT2D eigenvalue weighted by Gasteiger charge is -2.35. The molecule has 0 saturated carbocycles. The Morgan fingerprint density at radius 1 is 1.12 bits per heavy atom. The molecule has 0 bridgehead atoms. The second kappa shape index (κ2) is 6.08. The smallest absolute Gasteiger partial charge is 0.328 e. The van der Waals surface area contributed by atoms with E-state index in [0.29, 0.717) is 42.8 Å². The predicted octanol–water partition coefficient (Wildman–Crippen LogP) is 2.55. The van der Waals surface area contributed by atoms with Gasteiger partial charge in [-0.2, -0.15) is 0 Å². The highest BCUT2D eigenvalue weighted by atomic mass is 19.1. The molecule has 1 aliphatic heterocycles. The van der Waals surface area contributed by atoms with E-state index in [2.05, 4.69) is 9.88 Å². The largest absolute Gasteiger partial charge is 0.396 e. The van der Waals surface area contributed by atoms with Gasteiger partial charge in [0.15, 0.2) is 5.82 Å². The number of piperazine rings is 1. The molecule has 2 N–H and O–H groups in total. The maximum Gasteiger partial charge on any atom is 0.328 e. The number of aromatic nitrogens is 2. The number of carbonyl (C=O) groups is 1. The van der Waals surface area contributed by atoms with Gasteiger partial charge in [0.1, 0.15) is 5.82 Å². The number of pyridine rings is 1. The molecule has 0 unspecified atom stereocenters. The van der Waals surface area contributed by atoms with Crippen molar-refractivity contribution in [3.05, 3.63) is 54.6 Å². The number of hydrogen-bond donors (Lipinski definition) is 1. The summed E-state index contributed by atoms with van der Waals surface area (Å²) in [5.74, 6) is 0.454. The van der Waals surface area contributed by atoms with Crippen molar-refractivity contribution in [3.8, 4) is 0 Å². The van der Waals surface area contributed by atoms with Crippen LogP contribution >= 0.6 is 0 Å². The van der Waals surface area contributed by atoms with Crippen LogP contribution in [0.4, 0.5) is 20.7 Å². The van der Waals surface area contributed by atoms with Gasteiger partial charge in [-0.15, -0.1) is 0 Å². The lowest BCUT2D eigenvalue weighted by Crippen LogP contribution is -2.50. The highest BCUT2D eigenvalue weighted by molar-refractivity contribution is 5.91. The van der Waals surface area contributed by atoms with Crippen LogP contribution < -0.4 is 10.6 Å². The van der Waals surface area contributed by atoms with Crippen LogP contribution in [0.1, 0.15) is 0 Å². The van der Waals surface area contributed by atoms with Crippen molar-refractivity contribution in [1.29, 1.82) is 0 Å². The summed E-state index contributed by atoms with van der Waals surface area (Å²) in [4.78, 5) is 21.0. The molecule has 2 aromatic heterocycles. The maximum absolute atomic E-state index is 13.3. The number of nitrogens with two attached hydrogens (primary N) is 1. The van der Waals surface area contributed by atoms with Gasteiger partial charge in [0, 0.05) is 44.0 Å². The van der Waals surface area contributed by atoms with Crippen LogP contribution in [0.25, 0.3) is 10.9 Å². The zero-order valence-corrected chi connectivity index (χ0v) is 13.6. The first-order chi connectivity index (χ1) is 12.1. The minimum atomic E-state index is -0.306. The Kier molecular flexibility index (Phi) is 3.76. The fourth-order valence-electron chi connectivity index (χ4n) is 3.22. The molecule has 25 heavy (non-hydrogen) atoms. The lowest BCUT2D eigenvalue weighted by atomic mass is 10.2. The van der Waals surface area contributed by atoms with Crippen LogP contribution in [-0.4, -0.2) is 46.7 Å². The summed E-state index contributed by atoms with van der Waals surface area (Å²) in [6, 6.07) is 9.71. The number of fused-ring (bicyclic) bond motifs is 1. The number of carbonyl (C=O) groups excluding carboxylic acids is 1. The lowest BCUT2D eigenvalue weighted by molar-refractivity contribution is 0.197. The standard InChI is InChI=1S/C18H18FN5O/c19-14-3-4-16-13(12-14)5-7-24(16)18(25)23-10-8-22(9-11-23)17-15(20)2-1-6-21-17/h1-7,12H,8-11,20H2. The Labute approximate surface area is 144 Å². The average Bonchev–Trinajstić information content (AvgIpc) is 3.04. The first kappa shape index (κ1) is 15.4. The molecule has 1 fully saturated rings. The number of anilines is 2. The van der Waals surface area contributed by atoms with Crippen molar-refractivity contribution < 1.29 is 9.18 Å². The zero-order chi connectivity index (χ0) is 17.4. The highest BCUT2D eigenvalue weighted by Crippen LogP contribution is 2.22. The monoisotopic (exact) mass is 339 g/mol. The quantitative estimate of drug-likeness (QED) is 0.740. The fraction of sp³-hybridized carbons (Fsp3) is 0.222. The van der Waals surface area contributed by atoms with Crippen molar-refractivity contribution in [2.75, 3.05) is 36.8 Å². The number of rotatable bonds is 1. The first-order valence-electron chi connectivity index (χ1n) is 8.15. The van der Waals surface area contributed by atoms with E-state index < -0.39 is 0 Å². The van der Waals surface area contributed by atoms with E-state index in [1.807, 2.05) is 6.07 Å². The van der Waals surface area contributed by atoms with E-state index in [1.54, 1.807) is 40.1 Å². The van der Waals surface area contributed by atoms with Gasteiger partial charge in [0.05, 0.1) is 11.2 Å². The Hall–Kier alpha value is -3.09. The minimum Gasteiger partial charge on any atom is -0.396 e. The van der Waals surface area contributed by atoms with Crippen LogP contribution in [0.3, 0.4) is 0 Å². The summed E-state index contributed by atoms with van der Waals surface area (Å²) < 4.78 is 14.9. The van der Waals surface area contributed by atoms with E-state index in [0.717, 1.165) is 5.82 Å². The molecular formula is C18H18FN5O. The summed E-state index contributed by atoms with van der Waals surface area (Å²) in [6.45, 7) is 2.49. The van der Waals surface area contributed by atoms with E-state index in [9.17, 15) is 9.18 Å². The van der Waals surface area contributed by atoms with Gasteiger partial charge in [0.25, 0.3) is 0 Å². The van der Waals surface area contributed by atoms with Crippen molar-refractivity contribution in [2.45, 2.75) is 0 Å². The molecule has 3 aromatic rings. The third-order valence-electron chi connectivity index (χ3n) is 4.52. The third-order valence-corrected chi connectivity index (χ3v) is 4.52. The summed E-state index contributed by atoms with van der Waals surface area (Å²) >= 11 is 0. The molecule has 1 amide bonds. The molecule has 0 aliphatic carbocycles. The van der Waals surface area contributed by atoms with E-state index in [4.69, 9.17) is 5.73 Å². The van der Waals surface area contributed by atoms with Gasteiger partial charge in [0.2, 0.25) is 0 Å². The van der Waals surface area contributed by atoms with Crippen molar-refractivity contribution in [3.63, 3.8) is 0 Å².